The van der Waals surface area contributed by atoms with Crippen LogP contribution in [0.5, 0.6) is 5.75 Å². The molecule has 2 saturated heterocycles. The number of H-pyrrole nitrogens is 1. The number of nitrogens with zero attached hydrogens (tertiary/aromatic N) is 3. The first-order chi connectivity index (χ1) is 17.4. The van der Waals surface area contributed by atoms with E-state index in [4.69, 9.17) is 21.1 Å². The number of likely N-dealkylation sites (tertiary alicyclic amines) is 1. The molecule has 0 saturated carbocycles. The number of aromatic amines is 1. The zero-order valence-electron chi connectivity index (χ0n) is 20.5. The van der Waals surface area contributed by atoms with E-state index in [1.54, 1.807) is 17.0 Å². The summed E-state index contributed by atoms with van der Waals surface area (Å²) in [5.41, 5.74) is 1.11. The fraction of sp³-hybridized carbons (Fsp3) is 0.444. The third-order valence-corrected chi connectivity index (χ3v) is 7.45. The van der Waals surface area contributed by atoms with Crippen molar-refractivity contribution in [3.05, 3.63) is 58.7 Å². The molecule has 3 heterocycles. The van der Waals surface area contributed by atoms with Crippen molar-refractivity contribution >= 4 is 34.3 Å². The van der Waals surface area contributed by atoms with Crippen LogP contribution in [0.4, 0.5) is 0 Å². The number of benzene rings is 2. The van der Waals surface area contributed by atoms with E-state index in [1.165, 1.54) is 0 Å². The number of carbonyl (C=O) groups excluding carboxylic acids is 2. The van der Waals surface area contributed by atoms with Crippen LogP contribution in [-0.4, -0.2) is 76.8 Å². The van der Waals surface area contributed by atoms with Crippen LogP contribution in [-0.2, 0) is 9.53 Å². The Morgan fingerprint density at radius 2 is 1.92 bits per heavy atom. The first kappa shape index (κ1) is 24.6. The zero-order chi connectivity index (χ0) is 25.1. The number of amides is 2. The number of aryl methyl sites for hydroxylation is 1. The molecule has 2 aliphatic heterocycles. The third-order valence-electron chi connectivity index (χ3n) is 7.02. The van der Waals surface area contributed by atoms with Gasteiger partial charge in [0.2, 0.25) is 5.91 Å². The molecule has 2 fully saturated rings. The molecule has 0 radical (unpaired) electrons. The summed E-state index contributed by atoms with van der Waals surface area (Å²) in [7, 11) is 0. The molecule has 1 atom stereocenters. The van der Waals surface area contributed by atoms with E-state index in [1.807, 2.05) is 42.2 Å². The lowest BCUT2D eigenvalue weighted by Crippen LogP contribution is -2.58. The second-order valence-corrected chi connectivity index (χ2v) is 10.1. The van der Waals surface area contributed by atoms with Gasteiger partial charge in [0, 0.05) is 30.0 Å². The Morgan fingerprint density at radius 1 is 1.11 bits per heavy atom. The first-order valence-electron chi connectivity index (χ1n) is 12.5. The number of rotatable bonds is 6. The number of fused-ring (bicyclic) bond motifs is 1. The Morgan fingerprint density at radius 3 is 2.72 bits per heavy atom. The number of hydrogen-bond donors (Lipinski definition) is 1. The fourth-order valence-electron chi connectivity index (χ4n) is 4.99. The average Bonchev–Trinajstić information content (AvgIpc) is 3.34. The Bertz CT molecular complexity index is 1260. The molecular formula is C27H31ClN4O4. The minimum absolute atomic E-state index is 0.0325. The van der Waals surface area contributed by atoms with Crippen molar-refractivity contribution in [1.29, 1.82) is 0 Å². The van der Waals surface area contributed by atoms with E-state index < -0.39 is 5.60 Å². The Labute approximate surface area is 215 Å². The summed E-state index contributed by atoms with van der Waals surface area (Å²) in [5.74, 6) is 0.491. The minimum Gasteiger partial charge on any atom is -0.490 e. The van der Waals surface area contributed by atoms with E-state index in [-0.39, 0.29) is 31.4 Å². The van der Waals surface area contributed by atoms with Crippen molar-refractivity contribution in [3.8, 4) is 5.75 Å². The van der Waals surface area contributed by atoms with Gasteiger partial charge in [0.1, 0.15) is 18.0 Å². The van der Waals surface area contributed by atoms with Crippen LogP contribution in [0.25, 0.3) is 10.9 Å². The van der Waals surface area contributed by atoms with Crippen LogP contribution < -0.4 is 4.74 Å². The smallest absolute Gasteiger partial charge is 0.275 e. The zero-order valence-corrected chi connectivity index (χ0v) is 21.2. The number of aromatic nitrogens is 2. The third kappa shape index (κ3) is 5.20. The quantitative estimate of drug-likeness (QED) is 0.536. The number of nitrogens with one attached hydrogen (secondary N) is 1. The number of carbonyl (C=O) groups is 2. The highest BCUT2D eigenvalue weighted by atomic mass is 35.5. The van der Waals surface area contributed by atoms with E-state index >= 15 is 0 Å². The first-order valence-corrected chi connectivity index (χ1v) is 12.8. The van der Waals surface area contributed by atoms with E-state index in [9.17, 15) is 9.59 Å². The normalized spacial score (nSPS) is 20.5. The molecule has 1 N–H and O–H groups in total. The van der Waals surface area contributed by atoms with Crippen LogP contribution in [0.3, 0.4) is 0 Å². The maximum Gasteiger partial charge on any atom is 0.275 e. The van der Waals surface area contributed by atoms with Crippen LogP contribution in [0, 0.1) is 6.92 Å². The Balaban J connectivity index is 1.38. The molecule has 3 aromatic rings. The maximum absolute atomic E-state index is 13.5. The number of para-hydroxylation sites is 1. The van der Waals surface area contributed by atoms with Gasteiger partial charge in [0.25, 0.3) is 5.91 Å². The lowest BCUT2D eigenvalue weighted by Gasteiger charge is -2.43. The maximum atomic E-state index is 13.5. The van der Waals surface area contributed by atoms with Gasteiger partial charge < -0.3 is 19.3 Å². The summed E-state index contributed by atoms with van der Waals surface area (Å²) >= 11 is 6.17. The number of hydrogen-bond acceptors (Lipinski definition) is 5. The van der Waals surface area contributed by atoms with E-state index in [0.717, 1.165) is 48.8 Å². The topological polar surface area (TPSA) is 87.8 Å². The second-order valence-electron chi connectivity index (χ2n) is 9.69. The van der Waals surface area contributed by atoms with Gasteiger partial charge in [-0.25, -0.2) is 0 Å². The predicted octanol–water partition coefficient (Wildman–Crippen LogP) is 4.22. The molecule has 0 spiro atoms. The molecule has 190 valence electrons. The van der Waals surface area contributed by atoms with E-state index in [0.29, 0.717) is 29.6 Å². The Hall–Kier alpha value is -3.10. The second kappa shape index (κ2) is 10.5. The molecule has 1 unspecified atom stereocenters. The number of morpholine rings is 1. The molecule has 2 aliphatic rings. The van der Waals surface area contributed by atoms with Crippen molar-refractivity contribution in [2.75, 3.05) is 39.4 Å². The van der Waals surface area contributed by atoms with Gasteiger partial charge in [-0.15, -0.1) is 0 Å². The molecule has 0 bridgehead atoms. The standard InChI is InChI=1S/C27H31ClN4O4/c1-19-15-20(9-10-22(19)28)35-18-27(16-24(33)31-11-5-2-6-12-31)17-32(13-14-36-27)26(34)25-21-7-3-4-8-23(21)29-30-25/h3-4,7-10,15H,2,5-6,11-14,16-18H2,1H3,(H,29,30). The number of halogens is 1. The molecular weight excluding hydrogens is 480 g/mol. The van der Waals surface area contributed by atoms with Gasteiger partial charge in [0.05, 0.1) is 25.1 Å². The van der Waals surface area contributed by atoms with Crippen molar-refractivity contribution in [2.24, 2.45) is 0 Å². The number of ether oxygens (including phenoxy) is 2. The molecule has 2 aromatic carbocycles. The number of piperidine rings is 1. The summed E-state index contributed by atoms with van der Waals surface area (Å²) in [4.78, 5) is 30.5. The average molecular weight is 511 g/mol. The molecule has 0 aliphatic carbocycles. The summed E-state index contributed by atoms with van der Waals surface area (Å²) in [6.45, 7) is 4.53. The van der Waals surface area contributed by atoms with Crippen molar-refractivity contribution < 1.29 is 19.1 Å². The van der Waals surface area contributed by atoms with Crippen LogP contribution in [0.2, 0.25) is 5.02 Å². The Kier molecular flexibility index (Phi) is 7.16. The van der Waals surface area contributed by atoms with Gasteiger partial charge in [-0.2, -0.15) is 5.10 Å². The lowest BCUT2D eigenvalue weighted by molar-refractivity contribution is -0.153. The molecule has 36 heavy (non-hydrogen) atoms. The molecule has 9 heteroatoms. The highest BCUT2D eigenvalue weighted by Crippen LogP contribution is 2.29. The van der Waals surface area contributed by atoms with Crippen LogP contribution >= 0.6 is 11.6 Å². The molecule has 5 rings (SSSR count). The van der Waals surface area contributed by atoms with Gasteiger partial charge in [-0.1, -0.05) is 29.8 Å². The van der Waals surface area contributed by atoms with Crippen molar-refractivity contribution in [3.63, 3.8) is 0 Å². The lowest BCUT2D eigenvalue weighted by atomic mass is 9.95. The largest absolute Gasteiger partial charge is 0.490 e. The van der Waals surface area contributed by atoms with Crippen LogP contribution in [0.15, 0.2) is 42.5 Å². The van der Waals surface area contributed by atoms with Gasteiger partial charge >= 0.3 is 0 Å². The summed E-state index contributed by atoms with van der Waals surface area (Å²) in [5, 5.41) is 8.66. The fourth-order valence-corrected chi connectivity index (χ4v) is 5.11. The summed E-state index contributed by atoms with van der Waals surface area (Å²) < 4.78 is 12.4. The summed E-state index contributed by atoms with van der Waals surface area (Å²) in [6, 6.07) is 13.0. The molecule has 8 nitrogen and oxygen atoms in total. The summed E-state index contributed by atoms with van der Waals surface area (Å²) in [6.07, 6.45) is 3.31. The highest BCUT2D eigenvalue weighted by molar-refractivity contribution is 6.31. The monoisotopic (exact) mass is 510 g/mol. The van der Waals surface area contributed by atoms with Crippen LogP contribution in [0.1, 0.15) is 41.7 Å². The molecule has 1 aromatic heterocycles. The van der Waals surface area contributed by atoms with Gasteiger partial charge in [0.15, 0.2) is 5.69 Å². The van der Waals surface area contributed by atoms with Gasteiger partial charge in [-0.05, 0) is 56.0 Å². The predicted molar refractivity (Wildman–Crippen MR) is 137 cm³/mol. The SMILES string of the molecule is Cc1cc(OCC2(CC(=O)N3CCCCC3)CN(C(=O)c3n[nH]c4ccccc34)CCO2)ccc1Cl. The van der Waals surface area contributed by atoms with Gasteiger partial charge in [-0.3, -0.25) is 14.7 Å². The van der Waals surface area contributed by atoms with Crippen molar-refractivity contribution in [1.82, 2.24) is 20.0 Å². The van der Waals surface area contributed by atoms with Crippen molar-refractivity contribution in [2.45, 2.75) is 38.2 Å². The highest BCUT2D eigenvalue weighted by Gasteiger charge is 2.43. The molecule has 2 amide bonds. The minimum atomic E-state index is -0.970. The van der Waals surface area contributed by atoms with E-state index in [2.05, 4.69) is 10.2 Å².